The molecule has 0 bridgehead atoms. The maximum Gasteiger partial charge on any atom is 0.325 e. The Bertz CT molecular complexity index is 901. The molecule has 10 heteroatoms. The fraction of sp³-hybridized carbons (Fsp3) is 0.389. The number of hydrogen-bond donors (Lipinski definition) is 2. The largest absolute Gasteiger partial charge is 0.495 e. The Balaban J connectivity index is 1.44. The van der Waals surface area contributed by atoms with Gasteiger partial charge in [-0.05, 0) is 25.1 Å². The highest BCUT2D eigenvalue weighted by molar-refractivity contribution is 6.32. The minimum absolute atomic E-state index is 0.330. The first-order chi connectivity index (χ1) is 13.4. The molecule has 3 aliphatic heterocycles. The molecule has 1 saturated heterocycles. The first kappa shape index (κ1) is 18.4. The van der Waals surface area contributed by atoms with E-state index in [9.17, 15) is 9.59 Å². The van der Waals surface area contributed by atoms with Gasteiger partial charge < -0.3 is 24.8 Å². The highest BCUT2D eigenvalue weighted by atomic mass is 35.5. The van der Waals surface area contributed by atoms with E-state index in [1.165, 1.54) is 4.90 Å². The number of benzene rings is 1. The number of amides is 3. The molecular weight excluding hydrogens is 384 g/mol. The number of carbonyl (C=O) groups is 2. The lowest BCUT2D eigenvalue weighted by Gasteiger charge is -2.34. The molecule has 148 valence electrons. The number of likely N-dealkylation sites (N-methyl/N-ethyl adjacent to an activating group) is 1. The highest BCUT2D eigenvalue weighted by Gasteiger charge is 2.51. The molecule has 3 heterocycles. The van der Waals surface area contributed by atoms with E-state index in [0.29, 0.717) is 29.8 Å². The second-order valence-corrected chi connectivity index (χ2v) is 7.21. The summed E-state index contributed by atoms with van der Waals surface area (Å²) < 4.78 is 5.16. The number of allylic oxidation sites excluding steroid dienone is 1. The molecule has 28 heavy (non-hydrogen) atoms. The summed E-state index contributed by atoms with van der Waals surface area (Å²) in [5.41, 5.74) is 1.87. The lowest BCUT2D eigenvalue weighted by Crippen LogP contribution is -2.62. The molecule has 2 unspecified atom stereocenters. The molecule has 0 radical (unpaired) electrons. The Labute approximate surface area is 167 Å². The van der Waals surface area contributed by atoms with E-state index in [-0.39, 0.29) is 5.91 Å². The third-order valence-corrected chi connectivity index (χ3v) is 5.38. The number of methoxy groups -OCH3 is 1. The van der Waals surface area contributed by atoms with Gasteiger partial charge in [0.2, 0.25) is 5.96 Å². The van der Waals surface area contributed by atoms with Gasteiger partial charge in [0.25, 0.3) is 5.91 Å². The van der Waals surface area contributed by atoms with Crippen LogP contribution < -0.4 is 15.4 Å². The van der Waals surface area contributed by atoms with Crippen molar-refractivity contribution >= 4 is 35.2 Å². The molecule has 3 aliphatic rings. The van der Waals surface area contributed by atoms with Gasteiger partial charge in [0.15, 0.2) is 12.2 Å². The number of nitrogens with one attached hydrogen (secondary N) is 2. The first-order valence-electron chi connectivity index (χ1n) is 8.88. The van der Waals surface area contributed by atoms with Gasteiger partial charge in [0, 0.05) is 37.7 Å². The number of imide groups is 1. The van der Waals surface area contributed by atoms with Crippen LogP contribution in [-0.2, 0) is 4.79 Å². The van der Waals surface area contributed by atoms with Crippen molar-refractivity contribution in [2.24, 2.45) is 4.99 Å². The van der Waals surface area contributed by atoms with Crippen LogP contribution in [0.3, 0.4) is 0 Å². The minimum Gasteiger partial charge on any atom is -0.495 e. The third-order valence-electron chi connectivity index (χ3n) is 5.09. The Hall–Kier alpha value is -2.94. The summed E-state index contributed by atoms with van der Waals surface area (Å²) in [6, 6.07) is 4.56. The predicted octanol–water partition coefficient (Wildman–Crippen LogP) is 1.49. The molecule has 9 nitrogen and oxygen atoms in total. The topological polar surface area (TPSA) is 89.5 Å². The predicted molar refractivity (Wildman–Crippen MR) is 105 cm³/mol. The fourth-order valence-electron chi connectivity index (χ4n) is 3.61. The molecule has 2 atom stereocenters. The molecule has 1 fully saturated rings. The number of fused-ring (bicyclic) bond motifs is 3. The van der Waals surface area contributed by atoms with E-state index in [1.54, 1.807) is 14.2 Å². The van der Waals surface area contributed by atoms with Gasteiger partial charge in [0.1, 0.15) is 5.75 Å². The molecule has 0 spiro atoms. The van der Waals surface area contributed by atoms with Crippen LogP contribution in [0.5, 0.6) is 5.75 Å². The van der Waals surface area contributed by atoms with Crippen LogP contribution in [-0.4, -0.2) is 72.1 Å². The normalized spacial score (nSPS) is 23.2. The summed E-state index contributed by atoms with van der Waals surface area (Å²) in [4.78, 5) is 34.1. The van der Waals surface area contributed by atoms with Gasteiger partial charge >= 0.3 is 6.03 Å². The number of ether oxygens (including phenoxy) is 1. The smallest absolute Gasteiger partial charge is 0.325 e. The van der Waals surface area contributed by atoms with E-state index in [1.807, 2.05) is 41.1 Å². The van der Waals surface area contributed by atoms with Gasteiger partial charge in [0.05, 0.1) is 12.1 Å². The average molecular weight is 405 g/mol. The number of rotatable bonds is 5. The van der Waals surface area contributed by atoms with Crippen LogP contribution in [0.4, 0.5) is 10.5 Å². The Morgan fingerprint density at radius 1 is 1.36 bits per heavy atom. The van der Waals surface area contributed by atoms with Crippen molar-refractivity contribution in [3.63, 3.8) is 0 Å². The lowest BCUT2D eigenvalue weighted by atomic mass is 10.1. The van der Waals surface area contributed by atoms with Crippen LogP contribution in [0.15, 0.2) is 35.1 Å². The molecule has 0 aliphatic carbocycles. The zero-order valence-corrected chi connectivity index (χ0v) is 16.5. The number of carbonyl (C=O) groups excluding carboxylic acids is 2. The highest BCUT2D eigenvalue weighted by Crippen LogP contribution is 2.32. The molecule has 0 aromatic heterocycles. The number of aliphatic imine (C=N–C) groups is 1. The molecule has 4 rings (SSSR count). The van der Waals surface area contributed by atoms with Crippen molar-refractivity contribution < 1.29 is 14.3 Å². The SMILES string of the molecule is COc1ccc(NCCN2C(C)=CN3C2=NC2C3C(=O)NC(=O)N2C)cc1Cl. The third kappa shape index (κ3) is 2.91. The Morgan fingerprint density at radius 3 is 2.86 bits per heavy atom. The van der Waals surface area contributed by atoms with E-state index in [0.717, 1.165) is 11.4 Å². The summed E-state index contributed by atoms with van der Waals surface area (Å²) in [5.74, 6) is 0.976. The minimum atomic E-state index is -0.536. The van der Waals surface area contributed by atoms with Gasteiger partial charge in [-0.25, -0.2) is 9.79 Å². The lowest BCUT2D eigenvalue weighted by molar-refractivity contribution is -0.126. The summed E-state index contributed by atoms with van der Waals surface area (Å²) in [7, 11) is 3.22. The van der Waals surface area contributed by atoms with E-state index < -0.39 is 18.2 Å². The molecule has 1 aromatic rings. The zero-order chi connectivity index (χ0) is 20.0. The van der Waals surface area contributed by atoms with Gasteiger partial charge in [-0.15, -0.1) is 0 Å². The van der Waals surface area contributed by atoms with E-state index in [4.69, 9.17) is 16.3 Å². The maximum atomic E-state index is 12.3. The standard InChI is InChI=1S/C18H21ClN6O3/c1-10-9-25-14-15(23(2)18(27)22-16(14)26)21-17(25)24(10)7-6-20-11-4-5-13(28-3)12(19)8-11/h4-5,8-9,14-15,20H,6-7H2,1-3H3,(H,22,26,27). The zero-order valence-electron chi connectivity index (χ0n) is 15.8. The average Bonchev–Trinajstić information content (AvgIpc) is 3.16. The molecular formula is C18H21ClN6O3. The summed E-state index contributed by atoms with van der Waals surface area (Å²) in [6.07, 6.45) is 1.38. The van der Waals surface area contributed by atoms with Gasteiger partial charge in [-0.3, -0.25) is 10.1 Å². The summed E-state index contributed by atoms with van der Waals surface area (Å²) in [5, 5.41) is 6.24. The van der Waals surface area contributed by atoms with Crippen molar-refractivity contribution in [3.05, 3.63) is 35.1 Å². The van der Waals surface area contributed by atoms with E-state index >= 15 is 0 Å². The van der Waals surface area contributed by atoms with E-state index in [2.05, 4.69) is 15.6 Å². The maximum absolute atomic E-state index is 12.3. The number of nitrogens with zero attached hydrogens (tertiary/aromatic N) is 4. The fourth-order valence-corrected chi connectivity index (χ4v) is 3.87. The monoisotopic (exact) mass is 404 g/mol. The molecule has 2 N–H and O–H groups in total. The Kier molecular flexibility index (Phi) is 4.54. The number of anilines is 1. The van der Waals surface area contributed by atoms with Crippen LogP contribution in [0.25, 0.3) is 0 Å². The number of urea groups is 1. The van der Waals surface area contributed by atoms with Crippen LogP contribution in [0.1, 0.15) is 6.92 Å². The number of halogens is 1. The van der Waals surface area contributed by atoms with Crippen LogP contribution in [0, 0.1) is 0 Å². The van der Waals surface area contributed by atoms with Crippen LogP contribution >= 0.6 is 11.6 Å². The molecule has 1 aromatic carbocycles. The summed E-state index contributed by atoms with van der Waals surface area (Å²) >= 11 is 6.16. The van der Waals surface area contributed by atoms with Gasteiger partial charge in [-0.1, -0.05) is 11.6 Å². The molecule has 0 saturated carbocycles. The van der Waals surface area contributed by atoms with Crippen molar-refractivity contribution in [1.82, 2.24) is 20.0 Å². The van der Waals surface area contributed by atoms with Gasteiger partial charge in [-0.2, -0.15) is 0 Å². The number of hydrogen-bond acceptors (Lipinski definition) is 7. The van der Waals surface area contributed by atoms with Crippen molar-refractivity contribution in [2.45, 2.75) is 19.1 Å². The number of guanidine groups is 1. The molecule has 3 amide bonds. The van der Waals surface area contributed by atoms with Crippen molar-refractivity contribution in [3.8, 4) is 5.75 Å². The Morgan fingerprint density at radius 2 is 2.14 bits per heavy atom. The second-order valence-electron chi connectivity index (χ2n) is 6.80. The second kappa shape index (κ2) is 6.90. The van der Waals surface area contributed by atoms with Crippen LogP contribution in [0.2, 0.25) is 5.02 Å². The first-order valence-corrected chi connectivity index (χ1v) is 9.25. The van der Waals surface area contributed by atoms with Crippen molar-refractivity contribution in [2.75, 3.05) is 32.6 Å². The van der Waals surface area contributed by atoms with Crippen molar-refractivity contribution in [1.29, 1.82) is 0 Å². The summed E-state index contributed by atoms with van der Waals surface area (Å²) in [6.45, 7) is 3.24. The quantitative estimate of drug-likeness (QED) is 0.772.